The van der Waals surface area contributed by atoms with Crippen molar-refractivity contribution in [1.82, 2.24) is 14.9 Å². The predicted molar refractivity (Wildman–Crippen MR) is 104 cm³/mol. The van der Waals surface area contributed by atoms with E-state index in [0.29, 0.717) is 16.9 Å². The number of likely N-dealkylation sites (N-methyl/N-ethyl adjacent to an activating group) is 1. The van der Waals surface area contributed by atoms with E-state index in [2.05, 4.69) is 26.8 Å². The minimum atomic E-state index is -0.403. The van der Waals surface area contributed by atoms with Gasteiger partial charge in [-0.2, -0.15) is 0 Å². The summed E-state index contributed by atoms with van der Waals surface area (Å²) in [4.78, 5) is 24.8. The number of H-pyrrole nitrogens is 1. The Bertz CT molecular complexity index is 973. The highest BCUT2D eigenvalue weighted by Crippen LogP contribution is 2.29. The van der Waals surface area contributed by atoms with E-state index in [-0.39, 0.29) is 5.75 Å². The van der Waals surface area contributed by atoms with Crippen LogP contribution in [0.3, 0.4) is 0 Å². The van der Waals surface area contributed by atoms with E-state index in [0.717, 1.165) is 42.9 Å². The van der Waals surface area contributed by atoms with Gasteiger partial charge in [0.2, 0.25) is 0 Å². The van der Waals surface area contributed by atoms with Gasteiger partial charge in [-0.05, 0) is 43.4 Å². The van der Waals surface area contributed by atoms with Crippen molar-refractivity contribution in [2.45, 2.75) is 0 Å². The van der Waals surface area contributed by atoms with Gasteiger partial charge in [-0.3, -0.25) is 0 Å². The number of aromatic amines is 1. The van der Waals surface area contributed by atoms with Crippen LogP contribution in [0.1, 0.15) is 10.4 Å². The number of imidazole rings is 1. The van der Waals surface area contributed by atoms with Gasteiger partial charge in [0.1, 0.15) is 17.1 Å². The molecule has 1 aliphatic rings. The molecular weight excluding hydrogens is 344 g/mol. The molecule has 0 spiro atoms. The molecule has 0 aliphatic carbocycles. The molecule has 2 N–H and O–H groups in total. The number of carbonyl (C=O) groups is 1. The van der Waals surface area contributed by atoms with Crippen LogP contribution in [0.2, 0.25) is 0 Å². The Morgan fingerprint density at radius 3 is 2.52 bits per heavy atom. The first-order valence-corrected chi connectivity index (χ1v) is 8.90. The molecule has 1 aliphatic heterocycles. The molecule has 0 radical (unpaired) electrons. The first-order chi connectivity index (χ1) is 13.0. The topological polar surface area (TPSA) is 81.7 Å². The second kappa shape index (κ2) is 6.92. The van der Waals surface area contributed by atoms with Crippen molar-refractivity contribution in [3.63, 3.8) is 0 Å². The van der Waals surface area contributed by atoms with Crippen LogP contribution in [0.4, 0.5) is 5.69 Å². The quantitative estimate of drug-likeness (QED) is 0.693. The minimum Gasteiger partial charge on any atom is -0.508 e. The molecule has 2 aromatic carbocycles. The fourth-order valence-corrected chi connectivity index (χ4v) is 3.37. The standard InChI is InChI=1S/C20H22N4O3/c1-23-7-9-24(10-8-23)14-11-16(20(26)27-2)18-17(12-14)21-19(22-18)13-3-5-15(25)6-4-13/h3-6,11-12,25H,7-10H2,1-2H3,(H,21,22). The summed E-state index contributed by atoms with van der Waals surface area (Å²) in [5, 5.41) is 9.49. The SMILES string of the molecule is COC(=O)c1cc(N2CCN(C)CC2)cc2[nH]c(-c3ccc(O)cc3)nc12. The van der Waals surface area contributed by atoms with Crippen molar-refractivity contribution in [2.24, 2.45) is 0 Å². The number of anilines is 1. The molecule has 3 aromatic rings. The number of ether oxygens (including phenoxy) is 1. The molecule has 1 fully saturated rings. The summed E-state index contributed by atoms with van der Waals surface area (Å²) >= 11 is 0. The molecule has 27 heavy (non-hydrogen) atoms. The molecule has 7 heteroatoms. The number of benzene rings is 2. The number of fused-ring (bicyclic) bond motifs is 1. The van der Waals surface area contributed by atoms with Gasteiger partial charge in [-0.15, -0.1) is 0 Å². The lowest BCUT2D eigenvalue weighted by molar-refractivity contribution is 0.0603. The Kier molecular flexibility index (Phi) is 4.45. The van der Waals surface area contributed by atoms with Gasteiger partial charge < -0.3 is 24.6 Å². The van der Waals surface area contributed by atoms with Crippen LogP contribution in [0.25, 0.3) is 22.4 Å². The van der Waals surface area contributed by atoms with Gasteiger partial charge in [0.25, 0.3) is 0 Å². The first-order valence-electron chi connectivity index (χ1n) is 8.90. The average Bonchev–Trinajstić information content (AvgIpc) is 3.12. The number of hydrogen-bond acceptors (Lipinski definition) is 6. The second-order valence-electron chi connectivity index (χ2n) is 6.80. The molecular formula is C20H22N4O3. The van der Waals surface area contributed by atoms with Gasteiger partial charge in [0, 0.05) is 37.4 Å². The highest BCUT2D eigenvalue weighted by Gasteiger charge is 2.21. The summed E-state index contributed by atoms with van der Waals surface area (Å²) in [7, 11) is 3.49. The minimum absolute atomic E-state index is 0.197. The molecule has 0 amide bonds. The monoisotopic (exact) mass is 366 g/mol. The molecule has 4 rings (SSSR count). The Morgan fingerprint density at radius 1 is 1.15 bits per heavy atom. The van der Waals surface area contributed by atoms with E-state index in [1.54, 1.807) is 24.3 Å². The summed E-state index contributed by atoms with van der Waals surface area (Å²) in [6.07, 6.45) is 0. The molecule has 0 atom stereocenters. The third-order valence-corrected chi connectivity index (χ3v) is 4.99. The third kappa shape index (κ3) is 3.33. The van der Waals surface area contributed by atoms with Gasteiger partial charge >= 0.3 is 5.97 Å². The van der Waals surface area contributed by atoms with Crippen LogP contribution >= 0.6 is 0 Å². The average molecular weight is 366 g/mol. The third-order valence-electron chi connectivity index (χ3n) is 4.99. The van der Waals surface area contributed by atoms with Crippen LogP contribution in [-0.2, 0) is 4.74 Å². The largest absolute Gasteiger partial charge is 0.508 e. The lowest BCUT2D eigenvalue weighted by Crippen LogP contribution is -2.44. The number of aromatic nitrogens is 2. The fourth-order valence-electron chi connectivity index (χ4n) is 3.37. The van der Waals surface area contributed by atoms with E-state index in [1.807, 2.05) is 12.1 Å². The molecule has 1 saturated heterocycles. The maximum absolute atomic E-state index is 12.4. The van der Waals surface area contributed by atoms with Crippen molar-refractivity contribution in [1.29, 1.82) is 0 Å². The zero-order valence-electron chi connectivity index (χ0n) is 15.4. The number of carbonyl (C=O) groups excluding carboxylic acids is 1. The van der Waals surface area contributed by atoms with Crippen molar-refractivity contribution in [3.8, 4) is 17.1 Å². The number of aromatic hydroxyl groups is 1. The van der Waals surface area contributed by atoms with Gasteiger partial charge in [-0.1, -0.05) is 0 Å². The van der Waals surface area contributed by atoms with Crippen molar-refractivity contribution in [3.05, 3.63) is 42.0 Å². The first kappa shape index (κ1) is 17.4. The lowest BCUT2D eigenvalue weighted by Gasteiger charge is -2.34. The Hall–Kier alpha value is -3.06. The van der Waals surface area contributed by atoms with Crippen molar-refractivity contribution < 1.29 is 14.6 Å². The molecule has 2 heterocycles. The number of methoxy groups -OCH3 is 1. The van der Waals surface area contributed by atoms with Gasteiger partial charge in [-0.25, -0.2) is 9.78 Å². The summed E-state index contributed by atoms with van der Waals surface area (Å²) < 4.78 is 4.98. The molecule has 140 valence electrons. The number of esters is 1. The van der Waals surface area contributed by atoms with Crippen LogP contribution in [0, 0.1) is 0 Å². The summed E-state index contributed by atoms with van der Waals surface area (Å²) in [5.41, 5.74) is 3.64. The van der Waals surface area contributed by atoms with E-state index >= 15 is 0 Å². The smallest absolute Gasteiger partial charge is 0.340 e. The highest BCUT2D eigenvalue weighted by atomic mass is 16.5. The number of piperazine rings is 1. The van der Waals surface area contributed by atoms with Crippen molar-refractivity contribution in [2.75, 3.05) is 45.2 Å². The normalized spacial score (nSPS) is 15.3. The second-order valence-corrected chi connectivity index (χ2v) is 6.80. The Balaban J connectivity index is 1.80. The number of rotatable bonds is 3. The van der Waals surface area contributed by atoms with Gasteiger partial charge in [0.15, 0.2) is 0 Å². The molecule has 0 bridgehead atoms. The van der Waals surface area contributed by atoms with Crippen LogP contribution in [0.5, 0.6) is 5.75 Å². The molecule has 0 unspecified atom stereocenters. The zero-order chi connectivity index (χ0) is 19.0. The van der Waals surface area contributed by atoms with E-state index in [9.17, 15) is 9.90 Å². The number of phenols is 1. The zero-order valence-corrected chi connectivity index (χ0v) is 15.4. The van der Waals surface area contributed by atoms with Crippen LogP contribution in [0.15, 0.2) is 36.4 Å². The molecule has 0 saturated carbocycles. The highest BCUT2D eigenvalue weighted by molar-refractivity contribution is 6.04. The Morgan fingerprint density at radius 2 is 1.85 bits per heavy atom. The number of nitrogens with zero attached hydrogens (tertiary/aromatic N) is 3. The maximum Gasteiger partial charge on any atom is 0.340 e. The summed E-state index contributed by atoms with van der Waals surface area (Å²) in [6.45, 7) is 3.77. The van der Waals surface area contributed by atoms with E-state index in [4.69, 9.17) is 4.74 Å². The van der Waals surface area contributed by atoms with E-state index < -0.39 is 5.97 Å². The summed E-state index contributed by atoms with van der Waals surface area (Å²) in [6, 6.07) is 10.7. The van der Waals surface area contributed by atoms with Crippen molar-refractivity contribution >= 4 is 22.7 Å². The predicted octanol–water partition coefficient (Wildman–Crippen LogP) is 2.47. The number of nitrogens with one attached hydrogen (secondary N) is 1. The summed E-state index contributed by atoms with van der Waals surface area (Å²) in [5.74, 6) is 0.438. The fraction of sp³-hybridized carbons (Fsp3) is 0.300. The van der Waals surface area contributed by atoms with E-state index in [1.165, 1.54) is 7.11 Å². The number of hydrogen-bond donors (Lipinski definition) is 2. The lowest BCUT2D eigenvalue weighted by atomic mass is 10.1. The number of phenolic OH excluding ortho intramolecular Hbond substituents is 1. The van der Waals surface area contributed by atoms with Crippen LogP contribution < -0.4 is 4.90 Å². The molecule has 1 aromatic heterocycles. The van der Waals surface area contributed by atoms with Crippen LogP contribution in [-0.4, -0.2) is 66.3 Å². The maximum atomic E-state index is 12.4. The Labute approximate surface area is 157 Å². The van der Waals surface area contributed by atoms with Gasteiger partial charge in [0.05, 0.1) is 18.2 Å². The molecule has 7 nitrogen and oxygen atoms in total.